The number of aryl methyl sites for hydroxylation is 1. The smallest absolute Gasteiger partial charge is 0.0726 e. The Kier molecular flexibility index (Phi) is 6.02. The first-order valence-electron chi connectivity index (χ1n) is 7.75. The van der Waals surface area contributed by atoms with Crippen LogP contribution in [0.25, 0.3) is 0 Å². The lowest BCUT2D eigenvalue weighted by atomic mass is 10.1. The van der Waals surface area contributed by atoms with Gasteiger partial charge in [-0.3, -0.25) is 0 Å². The Hall–Kier alpha value is -0.900. The van der Waals surface area contributed by atoms with E-state index in [1.54, 1.807) is 0 Å². The van der Waals surface area contributed by atoms with E-state index in [2.05, 4.69) is 55.4 Å². The fourth-order valence-corrected chi connectivity index (χ4v) is 2.77. The molecular formula is C17H28N2O. The summed E-state index contributed by atoms with van der Waals surface area (Å²) in [5, 5.41) is 3.59. The second-order valence-corrected chi connectivity index (χ2v) is 5.96. The maximum atomic E-state index is 5.71. The van der Waals surface area contributed by atoms with Crippen LogP contribution in [0.3, 0.4) is 0 Å². The molecule has 2 rings (SSSR count). The Balaban J connectivity index is 1.67. The van der Waals surface area contributed by atoms with Crippen LogP contribution in [0.1, 0.15) is 30.9 Å². The van der Waals surface area contributed by atoms with Gasteiger partial charge < -0.3 is 15.0 Å². The lowest BCUT2D eigenvalue weighted by molar-refractivity contribution is 0.0829. The summed E-state index contributed by atoms with van der Waals surface area (Å²) >= 11 is 0. The van der Waals surface area contributed by atoms with E-state index < -0.39 is 0 Å². The lowest BCUT2D eigenvalue weighted by Crippen LogP contribution is -2.40. The molecule has 0 bridgehead atoms. The van der Waals surface area contributed by atoms with E-state index in [0.29, 0.717) is 12.1 Å². The highest BCUT2D eigenvalue weighted by molar-refractivity contribution is 5.25. The van der Waals surface area contributed by atoms with Crippen molar-refractivity contribution in [1.29, 1.82) is 0 Å². The highest BCUT2D eigenvalue weighted by atomic mass is 16.5. The van der Waals surface area contributed by atoms with Gasteiger partial charge in [-0.2, -0.15) is 0 Å². The summed E-state index contributed by atoms with van der Waals surface area (Å²) in [6, 6.07) is 9.08. The van der Waals surface area contributed by atoms with E-state index in [1.807, 2.05) is 0 Å². The molecule has 2 atom stereocenters. The van der Waals surface area contributed by atoms with Crippen molar-refractivity contribution in [1.82, 2.24) is 10.2 Å². The van der Waals surface area contributed by atoms with Crippen LogP contribution in [-0.2, 0) is 11.3 Å². The predicted molar refractivity (Wildman–Crippen MR) is 84.0 cm³/mol. The minimum absolute atomic E-state index is 0.414. The maximum absolute atomic E-state index is 5.71. The third-order valence-corrected chi connectivity index (χ3v) is 4.18. The zero-order chi connectivity index (χ0) is 14.4. The molecule has 20 heavy (non-hydrogen) atoms. The number of rotatable bonds is 7. The van der Waals surface area contributed by atoms with E-state index in [1.165, 1.54) is 24.0 Å². The van der Waals surface area contributed by atoms with Gasteiger partial charge in [-0.25, -0.2) is 0 Å². The molecular weight excluding hydrogens is 248 g/mol. The molecule has 0 spiro atoms. The van der Waals surface area contributed by atoms with Crippen molar-refractivity contribution in [3.8, 4) is 0 Å². The van der Waals surface area contributed by atoms with Gasteiger partial charge in [0.25, 0.3) is 0 Å². The molecule has 1 aromatic carbocycles. The average molecular weight is 276 g/mol. The summed E-state index contributed by atoms with van der Waals surface area (Å²) in [5.74, 6) is 0. The van der Waals surface area contributed by atoms with Gasteiger partial charge in [-0.15, -0.1) is 0 Å². The van der Waals surface area contributed by atoms with Gasteiger partial charge in [-0.1, -0.05) is 24.3 Å². The molecule has 0 aliphatic carbocycles. The summed E-state index contributed by atoms with van der Waals surface area (Å²) in [7, 11) is 2.19. The monoisotopic (exact) mass is 276 g/mol. The highest BCUT2D eigenvalue weighted by Crippen LogP contribution is 2.15. The minimum atomic E-state index is 0.414. The summed E-state index contributed by atoms with van der Waals surface area (Å²) in [6.07, 6.45) is 2.83. The molecule has 1 aliphatic heterocycles. The van der Waals surface area contributed by atoms with Crippen molar-refractivity contribution in [3.05, 3.63) is 35.4 Å². The molecule has 1 aliphatic rings. The van der Waals surface area contributed by atoms with Crippen LogP contribution in [0.2, 0.25) is 0 Å². The molecule has 112 valence electrons. The lowest BCUT2D eigenvalue weighted by Gasteiger charge is -2.23. The van der Waals surface area contributed by atoms with Crippen molar-refractivity contribution < 1.29 is 4.74 Å². The molecule has 1 saturated heterocycles. The standard InChI is InChI=1S/C17H28N2O/c1-14-7-4-5-8-16(14)13-19(3)11-10-18-15(2)17-9-6-12-20-17/h4-5,7-8,15,17-18H,6,9-13H2,1-3H3. The second-order valence-electron chi connectivity index (χ2n) is 5.96. The molecule has 1 aromatic rings. The molecule has 0 radical (unpaired) electrons. The number of benzene rings is 1. The van der Waals surface area contributed by atoms with Crippen LogP contribution in [-0.4, -0.2) is 43.8 Å². The Morgan fingerprint density at radius 1 is 1.40 bits per heavy atom. The molecule has 3 heteroatoms. The number of nitrogens with one attached hydrogen (secondary N) is 1. The van der Waals surface area contributed by atoms with Gasteiger partial charge >= 0.3 is 0 Å². The van der Waals surface area contributed by atoms with Crippen LogP contribution in [0.15, 0.2) is 24.3 Å². The van der Waals surface area contributed by atoms with E-state index in [-0.39, 0.29) is 0 Å². The van der Waals surface area contributed by atoms with Crippen molar-refractivity contribution >= 4 is 0 Å². The van der Waals surface area contributed by atoms with Gasteiger partial charge in [0.1, 0.15) is 0 Å². The summed E-state index contributed by atoms with van der Waals surface area (Å²) in [5.41, 5.74) is 2.79. The van der Waals surface area contributed by atoms with E-state index in [4.69, 9.17) is 4.74 Å². The van der Waals surface area contributed by atoms with E-state index in [0.717, 1.165) is 26.2 Å². The predicted octanol–water partition coefficient (Wildman–Crippen LogP) is 2.58. The maximum Gasteiger partial charge on any atom is 0.0726 e. The number of likely N-dealkylation sites (N-methyl/N-ethyl adjacent to an activating group) is 1. The molecule has 1 fully saturated rings. The normalized spacial score (nSPS) is 20.5. The van der Waals surface area contributed by atoms with Gasteiger partial charge in [0, 0.05) is 32.3 Å². The molecule has 1 heterocycles. The Labute approximate surface area is 123 Å². The quantitative estimate of drug-likeness (QED) is 0.828. The van der Waals surface area contributed by atoms with Crippen LogP contribution >= 0.6 is 0 Å². The molecule has 0 amide bonds. The number of ether oxygens (including phenoxy) is 1. The fourth-order valence-electron chi connectivity index (χ4n) is 2.77. The van der Waals surface area contributed by atoms with Gasteiger partial charge in [0.15, 0.2) is 0 Å². The first-order chi connectivity index (χ1) is 9.66. The van der Waals surface area contributed by atoms with Gasteiger partial charge in [-0.05, 0) is 44.9 Å². The van der Waals surface area contributed by atoms with E-state index in [9.17, 15) is 0 Å². The molecule has 2 unspecified atom stereocenters. The molecule has 3 nitrogen and oxygen atoms in total. The van der Waals surface area contributed by atoms with Crippen LogP contribution in [0, 0.1) is 6.92 Å². The Bertz CT molecular complexity index is 402. The number of nitrogens with zero attached hydrogens (tertiary/aromatic N) is 1. The second kappa shape index (κ2) is 7.77. The highest BCUT2D eigenvalue weighted by Gasteiger charge is 2.21. The van der Waals surface area contributed by atoms with Crippen molar-refractivity contribution in [3.63, 3.8) is 0 Å². The van der Waals surface area contributed by atoms with Crippen molar-refractivity contribution in [2.45, 2.75) is 45.4 Å². The zero-order valence-electron chi connectivity index (χ0n) is 13.1. The van der Waals surface area contributed by atoms with Crippen LogP contribution in [0.4, 0.5) is 0 Å². The summed E-state index contributed by atoms with van der Waals surface area (Å²) in [6.45, 7) is 8.44. The average Bonchev–Trinajstić information content (AvgIpc) is 2.95. The fraction of sp³-hybridized carbons (Fsp3) is 0.647. The third kappa shape index (κ3) is 4.58. The number of hydrogen-bond donors (Lipinski definition) is 1. The minimum Gasteiger partial charge on any atom is -0.377 e. The van der Waals surface area contributed by atoms with Crippen LogP contribution < -0.4 is 5.32 Å². The van der Waals surface area contributed by atoms with Gasteiger partial charge in [0.05, 0.1) is 6.10 Å². The Morgan fingerprint density at radius 3 is 2.90 bits per heavy atom. The van der Waals surface area contributed by atoms with Crippen molar-refractivity contribution in [2.24, 2.45) is 0 Å². The molecule has 0 saturated carbocycles. The number of hydrogen-bond acceptors (Lipinski definition) is 3. The first kappa shape index (κ1) is 15.5. The summed E-state index contributed by atoms with van der Waals surface area (Å²) < 4.78 is 5.71. The largest absolute Gasteiger partial charge is 0.377 e. The van der Waals surface area contributed by atoms with Crippen LogP contribution in [0.5, 0.6) is 0 Å². The molecule has 1 N–H and O–H groups in total. The zero-order valence-corrected chi connectivity index (χ0v) is 13.1. The summed E-state index contributed by atoms with van der Waals surface area (Å²) in [4.78, 5) is 2.37. The Morgan fingerprint density at radius 2 is 2.20 bits per heavy atom. The van der Waals surface area contributed by atoms with E-state index >= 15 is 0 Å². The molecule has 0 aromatic heterocycles. The van der Waals surface area contributed by atoms with Gasteiger partial charge in [0.2, 0.25) is 0 Å². The topological polar surface area (TPSA) is 24.5 Å². The SMILES string of the molecule is Cc1ccccc1CN(C)CCNC(C)C1CCCO1. The first-order valence-corrected chi connectivity index (χ1v) is 7.75. The van der Waals surface area contributed by atoms with Crippen molar-refractivity contribution in [2.75, 3.05) is 26.7 Å². The third-order valence-electron chi connectivity index (χ3n) is 4.18.